The molecule has 102 valence electrons. The summed E-state index contributed by atoms with van der Waals surface area (Å²) in [4.78, 5) is 12.0. The van der Waals surface area contributed by atoms with E-state index in [1.54, 1.807) is 0 Å². The number of hydrogen-bond acceptors (Lipinski definition) is 1. The van der Waals surface area contributed by atoms with Crippen molar-refractivity contribution < 1.29 is 4.79 Å². The van der Waals surface area contributed by atoms with Crippen LogP contribution in [0.25, 0.3) is 0 Å². The Hall–Kier alpha value is -0.830. The molecule has 1 saturated carbocycles. The lowest BCUT2D eigenvalue weighted by Gasteiger charge is -2.15. The molecule has 3 heteroatoms. The second-order valence-electron chi connectivity index (χ2n) is 6.52. The molecule has 0 saturated heterocycles. The summed E-state index contributed by atoms with van der Waals surface area (Å²) in [5.74, 6) is 0.871. The fourth-order valence-electron chi connectivity index (χ4n) is 3.01. The molecule has 1 aromatic carbocycles. The molecule has 2 nitrogen and oxygen atoms in total. The summed E-state index contributed by atoms with van der Waals surface area (Å²) in [7, 11) is 0. The zero-order valence-electron chi connectivity index (χ0n) is 11.5. The molecule has 0 bridgehead atoms. The second kappa shape index (κ2) is 4.62. The Kier molecular flexibility index (Phi) is 3.20. The first kappa shape index (κ1) is 13.2. The van der Waals surface area contributed by atoms with E-state index in [1.807, 2.05) is 0 Å². The van der Waals surface area contributed by atoms with Crippen molar-refractivity contribution in [3.63, 3.8) is 0 Å². The minimum atomic E-state index is 0.144. The molecule has 1 fully saturated rings. The third kappa shape index (κ3) is 2.58. The van der Waals surface area contributed by atoms with Gasteiger partial charge in [0, 0.05) is 16.9 Å². The van der Waals surface area contributed by atoms with Crippen molar-refractivity contribution >= 4 is 27.5 Å². The molecule has 1 amide bonds. The number of fused-ring (bicyclic) bond motifs is 1. The topological polar surface area (TPSA) is 29.1 Å². The zero-order chi connectivity index (χ0) is 13.6. The first-order chi connectivity index (χ1) is 8.97. The van der Waals surface area contributed by atoms with E-state index in [-0.39, 0.29) is 5.91 Å². The van der Waals surface area contributed by atoms with Crippen LogP contribution in [0, 0.1) is 11.3 Å². The van der Waals surface area contributed by atoms with Gasteiger partial charge in [0.15, 0.2) is 0 Å². The minimum Gasteiger partial charge on any atom is -0.326 e. The summed E-state index contributed by atoms with van der Waals surface area (Å²) in [5.41, 5.74) is 4.10. The van der Waals surface area contributed by atoms with E-state index in [0.29, 0.717) is 16.7 Å². The van der Waals surface area contributed by atoms with Crippen LogP contribution in [0.15, 0.2) is 18.2 Å². The summed E-state index contributed by atoms with van der Waals surface area (Å²) in [6.07, 6.45) is 3.87. The molecule has 2 atom stereocenters. The van der Waals surface area contributed by atoms with Gasteiger partial charge in [-0.05, 0) is 47.8 Å². The zero-order valence-corrected chi connectivity index (χ0v) is 13.1. The number of amides is 1. The van der Waals surface area contributed by atoms with Gasteiger partial charge in [-0.25, -0.2) is 0 Å². The number of halogens is 1. The summed E-state index contributed by atoms with van der Waals surface area (Å²) < 4.78 is 0. The molecule has 2 unspecified atom stereocenters. The largest absolute Gasteiger partial charge is 0.326 e. The first-order valence-corrected chi connectivity index (χ1v) is 7.96. The van der Waals surface area contributed by atoms with Crippen LogP contribution in [0.4, 0.5) is 5.69 Å². The van der Waals surface area contributed by atoms with Crippen molar-refractivity contribution in [3.05, 3.63) is 29.3 Å². The SMILES string of the molecule is CC1(C)CC1C(Br)c1ccc2c(c1)CCCC(=O)N2. The lowest BCUT2D eigenvalue weighted by Crippen LogP contribution is -2.09. The first-order valence-electron chi connectivity index (χ1n) is 7.04. The third-order valence-corrected chi connectivity index (χ3v) is 5.68. The van der Waals surface area contributed by atoms with Gasteiger partial charge in [-0.2, -0.15) is 0 Å². The number of rotatable bonds is 2. The van der Waals surface area contributed by atoms with Crippen LogP contribution in [0.3, 0.4) is 0 Å². The number of anilines is 1. The van der Waals surface area contributed by atoms with Crippen LogP contribution in [0.1, 0.15) is 49.1 Å². The Morgan fingerprint density at radius 2 is 2.11 bits per heavy atom. The number of aryl methyl sites for hydroxylation is 1. The maximum atomic E-state index is 11.5. The molecule has 2 aliphatic rings. The molecular formula is C16H20BrNO. The molecule has 0 radical (unpaired) electrons. The maximum Gasteiger partial charge on any atom is 0.224 e. The van der Waals surface area contributed by atoms with E-state index in [1.165, 1.54) is 17.5 Å². The van der Waals surface area contributed by atoms with Gasteiger partial charge in [-0.1, -0.05) is 41.9 Å². The van der Waals surface area contributed by atoms with Crippen LogP contribution in [-0.2, 0) is 11.2 Å². The molecule has 1 aromatic rings. The Morgan fingerprint density at radius 3 is 2.79 bits per heavy atom. The second-order valence-corrected chi connectivity index (χ2v) is 7.51. The average Bonchev–Trinajstić information content (AvgIpc) is 3.03. The Balaban J connectivity index is 1.85. The van der Waals surface area contributed by atoms with Crippen LogP contribution in [0.2, 0.25) is 0 Å². The van der Waals surface area contributed by atoms with Crippen LogP contribution in [0.5, 0.6) is 0 Å². The highest BCUT2D eigenvalue weighted by molar-refractivity contribution is 9.09. The van der Waals surface area contributed by atoms with Crippen molar-refractivity contribution in [2.24, 2.45) is 11.3 Å². The Labute approximate surface area is 123 Å². The lowest BCUT2D eigenvalue weighted by molar-refractivity contribution is -0.116. The average molecular weight is 322 g/mol. The van der Waals surface area contributed by atoms with E-state index in [0.717, 1.165) is 24.4 Å². The molecule has 0 aromatic heterocycles. The molecule has 1 N–H and O–H groups in total. The molecule has 0 spiro atoms. The van der Waals surface area contributed by atoms with E-state index >= 15 is 0 Å². The van der Waals surface area contributed by atoms with Crippen molar-refractivity contribution in [1.29, 1.82) is 0 Å². The monoisotopic (exact) mass is 321 g/mol. The predicted molar refractivity (Wildman–Crippen MR) is 81.6 cm³/mol. The predicted octanol–water partition coefficient (Wildman–Crippen LogP) is 4.44. The summed E-state index contributed by atoms with van der Waals surface area (Å²) in [6.45, 7) is 4.66. The van der Waals surface area contributed by atoms with E-state index in [9.17, 15) is 4.79 Å². The van der Waals surface area contributed by atoms with Crippen LogP contribution in [-0.4, -0.2) is 5.91 Å². The highest BCUT2D eigenvalue weighted by Crippen LogP contribution is 2.60. The van der Waals surface area contributed by atoms with E-state index in [2.05, 4.69) is 53.3 Å². The van der Waals surface area contributed by atoms with Crippen molar-refractivity contribution in [3.8, 4) is 0 Å². The Morgan fingerprint density at radius 1 is 1.37 bits per heavy atom. The van der Waals surface area contributed by atoms with Gasteiger partial charge >= 0.3 is 0 Å². The van der Waals surface area contributed by atoms with Crippen LogP contribution < -0.4 is 5.32 Å². The normalized spacial score (nSPS) is 26.1. The van der Waals surface area contributed by atoms with Gasteiger partial charge < -0.3 is 5.32 Å². The van der Waals surface area contributed by atoms with E-state index in [4.69, 9.17) is 0 Å². The quantitative estimate of drug-likeness (QED) is 0.801. The van der Waals surface area contributed by atoms with E-state index < -0.39 is 0 Å². The van der Waals surface area contributed by atoms with Gasteiger partial charge in [0.05, 0.1) is 0 Å². The highest BCUT2D eigenvalue weighted by atomic mass is 79.9. The minimum absolute atomic E-state index is 0.144. The number of alkyl halides is 1. The summed E-state index contributed by atoms with van der Waals surface area (Å²) in [6, 6.07) is 6.49. The highest BCUT2D eigenvalue weighted by Gasteiger charge is 2.49. The van der Waals surface area contributed by atoms with Crippen LogP contribution >= 0.6 is 15.9 Å². The van der Waals surface area contributed by atoms with Gasteiger partial charge in [-0.3, -0.25) is 4.79 Å². The van der Waals surface area contributed by atoms with Crippen molar-refractivity contribution in [1.82, 2.24) is 0 Å². The number of carbonyl (C=O) groups excluding carboxylic acids is 1. The lowest BCUT2D eigenvalue weighted by atomic mass is 9.98. The number of nitrogens with one attached hydrogen (secondary N) is 1. The molecule has 1 heterocycles. The van der Waals surface area contributed by atoms with Gasteiger partial charge in [-0.15, -0.1) is 0 Å². The molecular weight excluding hydrogens is 302 g/mol. The Bertz CT molecular complexity index is 523. The fourth-order valence-corrected chi connectivity index (χ4v) is 4.19. The fraction of sp³-hybridized carbons (Fsp3) is 0.562. The molecule has 1 aliphatic heterocycles. The van der Waals surface area contributed by atoms with Crippen molar-refractivity contribution in [2.45, 2.75) is 44.4 Å². The standard InChI is InChI=1S/C16H20BrNO/c1-16(2)9-12(16)15(17)11-6-7-13-10(8-11)4-3-5-14(19)18-13/h6-8,12,15H,3-5,9H2,1-2H3,(H,18,19). The number of hydrogen-bond donors (Lipinski definition) is 1. The van der Waals surface area contributed by atoms with Gasteiger partial charge in [0.25, 0.3) is 0 Å². The molecule has 3 rings (SSSR count). The van der Waals surface area contributed by atoms with Crippen molar-refractivity contribution in [2.75, 3.05) is 5.32 Å². The molecule has 1 aliphatic carbocycles. The third-order valence-electron chi connectivity index (χ3n) is 4.51. The van der Waals surface area contributed by atoms with Gasteiger partial charge in [0.1, 0.15) is 0 Å². The smallest absolute Gasteiger partial charge is 0.224 e. The number of benzene rings is 1. The maximum absolute atomic E-state index is 11.5. The summed E-state index contributed by atoms with van der Waals surface area (Å²) >= 11 is 3.86. The van der Waals surface area contributed by atoms with Gasteiger partial charge in [0.2, 0.25) is 5.91 Å². The number of carbonyl (C=O) groups is 1. The molecule has 19 heavy (non-hydrogen) atoms. The summed E-state index contributed by atoms with van der Waals surface area (Å²) in [5, 5.41) is 3.00.